The van der Waals surface area contributed by atoms with E-state index in [1.165, 1.54) is 11.8 Å². The molecular weight excluding hydrogens is 359 g/mol. The number of anilines is 1. The molecule has 0 aromatic heterocycles. The Bertz CT molecular complexity index is 732. The summed E-state index contributed by atoms with van der Waals surface area (Å²) in [7, 11) is 0. The van der Waals surface area contributed by atoms with Crippen LogP contribution < -0.4 is 5.32 Å². The van der Waals surface area contributed by atoms with Gasteiger partial charge in [0.15, 0.2) is 0 Å². The van der Waals surface area contributed by atoms with Crippen LogP contribution in [-0.4, -0.2) is 11.2 Å². The number of rotatable bonds is 4. The van der Waals surface area contributed by atoms with Crippen LogP contribution in [0.15, 0.2) is 47.4 Å². The van der Waals surface area contributed by atoms with E-state index in [1.54, 1.807) is 6.92 Å². The molecule has 2 rings (SSSR count). The van der Waals surface area contributed by atoms with Crippen molar-refractivity contribution in [2.45, 2.75) is 30.2 Å². The molecule has 2 nitrogen and oxygen atoms in total. The van der Waals surface area contributed by atoms with Gasteiger partial charge in [0.1, 0.15) is 0 Å². The van der Waals surface area contributed by atoms with E-state index in [2.05, 4.69) is 5.32 Å². The third-order valence-electron chi connectivity index (χ3n) is 3.25. The first kappa shape index (κ1) is 18.7. The standard InChI is InChI=1S/C17H15ClF3NOS/c1-10-3-6-13(7-4-10)24-11(2)16(23)22-15-9-12(17(19,20)21)5-8-14(15)18/h3-9,11H,1-2H3,(H,22,23)/t11-/m1/s1. The predicted octanol–water partition coefficient (Wildman–Crippen LogP) is 5.79. The minimum Gasteiger partial charge on any atom is -0.324 e. The molecule has 1 N–H and O–H groups in total. The third kappa shape index (κ3) is 4.92. The largest absolute Gasteiger partial charge is 0.416 e. The maximum atomic E-state index is 12.8. The van der Waals surface area contributed by atoms with Crippen molar-refractivity contribution in [3.05, 3.63) is 58.6 Å². The van der Waals surface area contributed by atoms with Crippen LogP contribution in [0.1, 0.15) is 18.1 Å². The Morgan fingerprint density at radius 3 is 2.38 bits per heavy atom. The van der Waals surface area contributed by atoms with E-state index >= 15 is 0 Å². The first-order valence-electron chi connectivity index (χ1n) is 7.08. The Labute approximate surface area is 147 Å². The summed E-state index contributed by atoms with van der Waals surface area (Å²) >= 11 is 7.20. The molecule has 2 aromatic carbocycles. The average Bonchev–Trinajstić information content (AvgIpc) is 2.50. The lowest BCUT2D eigenvalue weighted by Gasteiger charge is -2.15. The fraction of sp³-hybridized carbons (Fsp3) is 0.235. The number of hydrogen-bond acceptors (Lipinski definition) is 2. The van der Waals surface area contributed by atoms with E-state index in [1.807, 2.05) is 31.2 Å². The first-order valence-corrected chi connectivity index (χ1v) is 8.33. The number of hydrogen-bond donors (Lipinski definition) is 1. The number of carbonyl (C=O) groups is 1. The fourth-order valence-electron chi connectivity index (χ4n) is 1.91. The molecule has 7 heteroatoms. The summed E-state index contributed by atoms with van der Waals surface area (Å²) in [6.07, 6.45) is -4.49. The molecule has 0 radical (unpaired) electrons. The zero-order chi connectivity index (χ0) is 17.9. The van der Waals surface area contributed by atoms with Crippen LogP contribution in [0.3, 0.4) is 0 Å². The highest BCUT2D eigenvalue weighted by molar-refractivity contribution is 8.00. The second kappa shape index (κ2) is 7.49. The molecule has 1 atom stereocenters. The van der Waals surface area contributed by atoms with Crippen LogP contribution in [0.4, 0.5) is 18.9 Å². The van der Waals surface area contributed by atoms with Gasteiger partial charge in [-0.3, -0.25) is 4.79 Å². The number of thioether (sulfide) groups is 1. The highest BCUT2D eigenvalue weighted by atomic mass is 35.5. The summed E-state index contributed by atoms with van der Waals surface area (Å²) < 4.78 is 38.3. The van der Waals surface area contributed by atoms with Gasteiger partial charge in [0.2, 0.25) is 5.91 Å². The summed E-state index contributed by atoms with van der Waals surface area (Å²) in [5, 5.41) is 2.03. The molecule has 0 fully saturated rings. The lowest BCUT2D eigenvalue weighted by molar-refractivity contribution is -0.137. The van der Waals surface area contributed by atoms with Crippen molar-refractivity contribution < 1.29 is 18.0 Å². The molecule has 0 unspecified atom stereocenters. The van der Waals surface area contributed by atoms with E-state index in [-0.39, 0.29) is 10.7 Å². The number of amides is 1. The monoisotopic (exact) mass is 373 g/mol. The zero-order valence-corrected chi connectivity index (χ0v) is 14.5. The quantitative estimate of drug-likeness (QED) is 0.687. The molecule has 0 spiro atoms. The van der Waals surface area contributed by atoms with Gasteiger partial charge in [0.25, 0.3) is 0 Å². The number of halogens is 4. The average molecular weight is 374 g/mol. The molecule has 0 saturated carbocycles. The minimum atomic E-state index is -4.49. The minimum absolute atomic E-state index is 0.0483. The second-order valence-electron chi connectivity index (χ2n) is 5.25. The van der Waals surface area contributed by atoms with Gasteiger partial charge in [0.05, 0.1) is 21.5 Å². The fourth-order valence-corrected chi connectivity index (χ4v) is 2.94. The summed E-state index contributed by atoms with van der Waals surface area (Å²) in [6, 6.07) is 10.5. The van der Waals surface area contributed by atoms with Crippen LogP contribution in [0.2, 0.25) is 5.02 Å². The second-order valence-corrected chi connectivity index (χ2v) is 7.08. The number of aryl methyl sites for hydroxylation is 1. The Hall–Kier alpha value is -1.66. The summed E-state index contributed by atoms with van der Waals surface area (Å²) in [5.41, 5.74) is 0.195. The van der Waals surface area contributed by atoms with E-state index in [4.69, 9.17) is 11.6 Å². The van der Waals surface area contributed by atoms with Gasteiger partial charge < -0.3 is 5.32 Å². The smallest absolute Gasteiger partial charge is 0.324 e. The highest BCUT2D eigenvalue weighted by Gasteiger charge is 2.31. The Morgan fingerprint density at radius 1 is 1.17 bits per heavy atom. The number of alkyl halides is 3. The Balaban J connectivity index is 2.09. The van der Waals surface area contributed by atoms with Crippen LogP contribution >= 0.6 is 23.4 Å². The summed E-state index contributed by atoms with van der Waals surface area (Å²) in [4.78, 5) is 13.1. The van der Waals surface area contributed by atoms with Crippen molar-refractivity contribution >= 4 is 35.0 Å². The van der Waals surface area contributed by atoms with Crippen molar-refractivity contribution in [1.82, 2.24) is 0 Å². The molecule has 2 aromatic rings. The van der Waals surface area contributed by atoms with Crippen molar-refractivity contribution in [2.24, 2.45) is 0 Å². The van der Waals surface area contributed by atoms with Crippen LogP contribution in [0, 0.1) is 6.92 Å². The molecule has 0 aliphatic carbocycles. The maximum absolute atomic E-state index is 12.8. The highest BCUT2D eigenvalue weighted by Crippen LogP contribution is 2.34. The lowest BCUT2D eigenvalue weighted by Crippen LogP contribution is -2.22. The molecule has 1 amide bonds. The predicted molar refractivity (Wildman–Crippen MR) is 91.6 cm³/mol. The molecular formula is C17H15ClF3NOS. The molecule has 24 heavy (non-hydrogen) atoms. The van der Waals surface area contributed by atoms with Gasteiger partial charge in [0, 0.05) is 4.90 Å². The first-order chi connectivity index (χ1) is 11.2. The zero-order valence-electron chi connectivity index (χ0n) is 12.9. The number of carbonyl (C=O) groups excluding carboxylic acids is 1. The molecule has 0 aliphatic rings. The van der Waals surface area contributed by atoms with E-state index in [9.17, 15) is 18.0 Å². The third-order valence-corrected chi connectivity index (χ3v) is 4.70. The van der Waals surface area contributed by atoms with E-state index in [0.717, 1.165) is 28.7 Å². The van der Waals surface area contributed by atoms with Gasteiger partial charge in [-0.15, -0.1) is 11.8 Å². The van der Waals surface area contributed by atoms with Gasteiger partial charge >= 0.3 is 6.18 Å². The molecule has 0 saturated heterocycles. The van der Waals surface area contributed by atoms with Crippen molar-refractivity contribution in [1.29, 1.82) is 0 Å². The molecule has 0 aliphatic heterocycles. The van der Waals surface area contributed by atoms with Gasteiger partial charge in [-0.2, -0.15) is 13.2 Å². The SMILES string of the molecule is Cc1ccc(S[C@H](C)C(=O)Nc2cc(C(F)(F)F)ccc2Cl)cc1. The van der Waals surface area contributed by atoms with Gasteiger partial charge in [-0.1, -0.05) is 29.3 Å². The van der Waals surface area contributed by atoms with Crippen molar-refractivity contribution in [2.75, 3.05) is 5.32 Å². The van der Waals surface area contributed by atoms with E-state index < -0.39 is 22.9 Å². The summed E-state index contributed by atoms with van der Waals surface area (Å²) in [6.45, 7) is 3.64. The molecule has 128 valence electrons. The van der Waals surface area contributed by atoms with Crippen LogP contribution in [0.5, 0.6) is 0 Å². The molecule has 0 bridgehead atoms. The number of benzene rings is 2. The number of nitrogens with one attached hydrogen (secondary N) is 1. The Morgan fingerprint density at radius 2 is 1.79 bits per heavy atom. The van der Waals surface area contributed by atoms with Crippen molar-refractivity contribution in [3.63, 3.8) is 0 Å². The lowest BCUT2D eigenvalue weighted by atomic mass is 10.2. The van der Waals surface area contributed by atoms with Crippen LogP contribution in [0.25, 0.3) is 0 Å². The topological polar surface area (TPSA) is 29.1 Å². The maximum Gasteiger partial charge on any atom is 0.416 e. The van der Waals surface area contributed by atoms with Crippen LogP contribution in [-0.2, 0) is 11.0 Å². The Kier molecular flexibility index (Phi) is 5.83. The van der Waals surface area contributed by atoms with Gasteiger partial charge in [-0.25, -0.2) is 0 Å². The molecule has 0 heterocycles. The van der Waals surface area contributed by atoms with E-state index in [0.29, 0.717) is 0 Å². The van der Waals surface area contributed by atoms with Gasteiger partial charge in [-0.05, 0) is 44.2 Å². The van der Waals surface area contributed by atoms with Crippen molar-refractivity contribution in [3.8, 4) is 0 Å². The normalized spacial score (nSPS) is 12.8. The summed E-state index contributed by atoms with van der Waals surface area (Å²) in [5.74, 6) is -0.415.